The summed E-state index contributed by atoms with van der Waals surface area (Å²) in [5, 5.41) is 0. The first-order valence-corrected chi connectivity index (χ1v) is 3.90. The molecule has 0 bridgehead atoms. The summed E-state index contributed by atoms with van der Waals surface area (Å²) in [7, 11) is 0. The largest absolute Gasteiger partial charge is 0.361 e. The Kier molecular flexibility index (Phi) is 1.54. The second kappa shape index (κ2) is 1.92. The molecule has 1 atom stereocenters. The maximum Gasteiger partial charge on any atom is 0.108 e. The van der Waals surface area contributed by atoms with Crippen LogP contribution < -0.4 is 0 Å². The summed E-state index contributed by atoms with van der Waals surface area (Å²) in [6.45, 7) is 6.34. The minimum Gasteiger partial charge on any atom is -0.361 e. The Morgan fingerprint density at radius 2 is 2.25 bits per heavy atom. The van der Waals surface area contributed by atoms with Gasteiger partial charge in [0, 0.05) is 5.75 Å². The summed E-state index contributed by atoms with van der Waals surface area (Å²) in [5.41, 5.74) is 0. The molecule has 0 saturated carbocycles. The van der Waals surface area contributed by atoms with Crippen LogP contribution in [0.5, 0.6) is 0 Å². The SMILES string of the molecule is CC1CSC(C)(C)O1. The summed E-state index contributed by atoms with van der Waals surface area (Å²) in [6.07, 6.45) is 0.454. The number of thioether (sulfide) groups is 1. The van der Waals surface area contributed by atoms with E-state index in [1.807, 2.05) is 11.8 Å². The molecule has 0 aromatic carbocycles. The third kappa shape index (κ3) is 1.39. The van der Waals surface area contributed by atoms with Crippen LogP contribution in [-0.4, -0.2) is 16.8 Å². The van der Waals surface area contributed by atoms with E-state index in [-0.39, 0.29) is 4.93 Å². The van der Waals surface area contributed by atoms with Gasteiger partial charge >= 0.3 is 0 Å². The van der Waals surface area contributed by atoms with Crippen LogP contribution in [0.25, 0.3) is 0 Å². The normalized spacial score (nSPS) is 35.6. The van der Waals surface area contributed by atoms with Gasteiger partial charge in [0.25, 0.3) is 0 Å². The zero-order chi connectivity index (χ0) is 6.20. The Morgan fingerprint density at radius 3 is 2.38 bits per heavy atom. The highest BCUT2D eigenvalue weighted by molar-refractivity contribution is 8.00. The van der Waals surface area contributed by atoms with E-state index in [0.717, 1.165) is 5.75 Å². The summed E-state index contributed by atoms with van der Waals surface area (Å²) in [5.74, 6) is 1.15. The van der Waals surface area contributed by atoms with Crippen LogP contribution in [0.15, 0.2) is 0 Å². The standard InChI is InChI=1S/C6H12OS/c1-5-4-8-6(2,3)7-5/h5H,4H2,1-3H3. The lowest BCUT2D eigenvalue weighted by molar-refractivity contribution is 0.0259. The van der Waals surface area contributed by atoms with Gasteiger partial charge in [0.05, 0.1) is 6.10 Å². The Bertz CT molecular complexity index is 90.5. The maximum absolute atomic E-state index is 5.51. The molecule has 0 spiro atoms. The van der Waals surface area contributed by atoms with Gasteiger partial charge in [-0.25, -0.2) is 0 Å². The molecule has 1 heterocycles. The van der Waals surface area contributed by atoms with Crippen LogP contribution in [-0.2, 0) is 4.74 Å². The maximum atomic E-state index is 5.51. The Labute approximate surface area is 54.8 Å². The molecule has 0 aromatic rings. The quantitative estimate of drug-likeness (QED) is 0.497. The first-order chi connectivity index (χ1) is 3.60. The van der Waals surface area contributed by atoms with Crippen molar-refractivity contribution in [2.45, 2.75) is 31.8 Å². The molecule has 0 N–H and O–H groups in total. The van der Waals surface area contributed by atoms with Gasteiger partial charge in [0.2, 0.25) is 0 Å². The van der Waals surface area contributed by atoms with Gasteiger partial charge < -0.3 is 4.74 Å². The highest BCUT2D eigenvalue weighted by Gasteiger charge is 2.29. The van der Waals surface area contributed by atoms with E-state index in [2.05, 4.69) is 20.8 Å². The lowest BCUT2D eigenvalue weighted by Gasteiger charge is -2.15. The third-order valence-corrected chi connectivity index (χ3v) is 2.58. The number of ether oxygens (including phenoxy) is 1. The van der Waals surface area contributed by atoms with Crippen LogP contribution in [0.4, 0.5) is 0 Å². The molecular weight excluding hydrogens is 120 g/mol. The van der Waals surface area contributed by atoms with Gasteiger partial charge in [-0.1, -0.05) is 0 Å². The summed E-state index contributed by atoms with van der Waals surface area (Å²) < 4.78 is 5.51. The first-order valence-electron chi connectivity index (χ1n) is 2.92. The molecule has 1 aliphatic rings. The second-order valence-electron chi connectivity index (χ2n) is 2.64. The molecule has 1 fully saturated rings. The molecule has 2 heteroatoms. The van der Waals surface area contributed by atoms with E-state index in [0.29, 0.717) is 6.10 Å². The molecule has 1 unspecified atom stereocenters. The molecule has 1 saturated heterocycles. The van der Waals surface area contributed by atoms with Gasteiger partial charge in [-0.3, -0.25) is 0 Å². The van der Waals surface area contributed by atoms with Crippen molar-refractivity contribution in [2.24, 2.45) is 0 Å². The fraction of sp³-hybridized carbons (Fsp3) is 1.00. The van der Waals surface area contributed by atoms with E-state index < -0.39 is 0 Å². The van der Waals surface area contributed by atoms with Gasteiger partial charge in [-0.15, -0.1) is 11.8 Å². The molecule has 0 amide bonds. The lowest BCUT2D eigenvalue weighted by Crippen LogP contribution is -2.15. The molecular formula is C6H12OS. The van der Waals surface area contributed by atoms with Crippen molar-refractivity contribution in [1.29, 1.82) is 0 Å². The monoisotopic (exact) mass is 132 g/mol. The molecule has 0 aliphatic carbocycles. The topological polar surface area (TPSA) is 9.23 Å². The minimum atomic E-state index is 0.0828. The van der Waals surface area contributed by atoms with Crippen LogP contribution in [0.1, 0.15) is 20.8 Å². The van der Waals surface area contributed by atoms with Crippen molar-refractivity contribution < 1.29 is 4.74 Å². The summed E-state index contributed by atoms with van der Waals surface area (Å²) >= 11 is 1.89. The Balaban J connectivity index is 2.44. The Hall–Kier alpha value is 0.310. The van der Waals surface area contributed by atoms with Crippen LogP contribution in [0.3, 0.4) is 0 Å². The molecule has 1 aliphatic heterocycles. The van der Waals surface area contributed by atoms with Gasteiger partial charge in [0.1, 0.15) is 4.93 Å². The molecule has 0 aromatic heterocycles. The number of hydrogen-bond acceptors (Lipinski definition) is 2. The summed E-state index contributed by atoms with van der Waals surface area (Å²) in [6, 6.07) is 0. The van der Waals surface area contributed by atoms with E-state index >= 15 is 0 Å². The van der Waals surface area contributed by atoms with Crippen molar-refractivity contribution in [1.82, 2.24) is 0 Å². The number of rotatable bonds is 0. The van der Waals surface area contributed by atoms with E-state index in [1.54, 1.807) is 0 Å². The molecule has 0 radical (unpaired) electrons. The van der Waals surface area contributed by atoms with Crippen LogP contribution in [0.2, 0.25) is 0 Å². The van der Waals surface area contributed by atoms with Crippen molar-refractivity contribution in [2.75, 3.05) is 5.75 Å². The smallest absolute Gasteiger partial charge is 0.108 e. The second-order valence-corrected chi connectivity index (χ2v) is 4.24. The fourth-order valence-corrected chi connectivity index (χ4v) is 1.81. The minimum absolute atomic E-state index is 0.0828. The van der Waals surface area contributed by atoms with Crippen molar-refractivity contribution in [3.63, 3.8) is 0 Å². The van der Waals surface area contributed by atoms with Crippen LogP contribution >= 0.6 is 11.8 Å². The van der Waals surface area contributed by atoms with Gasteiger partial charge in [-0.2, -0.15) is 0 Å². The Morgan fingerprint density at radius 1 is 1.62 bits per heavy atom. The molecule has 48 valence electrons. The highest BCUT2D eigenvalue weighted by atomic mass is 32.2. The van der Waals surface area contributed by atoms with Crippen molar-refractivity contribution >= 4 is 11.8 Å². The van der Waals surface area contributed by atoms with E-state index in [4.69, 9.17) is 4.74 Å². The molecule has 8 heavy (non-hydrogen) atoms. The van der Waals surface area contributed by atoms with Gasteiger partial charge in [-0.05, 0) is 20.8 Å². The average Bonchev–Trinajstić information content (AvgIpc) is 1.82. The predicted octanol–water partition coefficient (Wildman–Crippen LogP) is 1.87. The van der Waals surface area contributed by atoms with Crippen molar-refractivity contribution in [3.8, 4) is 0 Å². The van der Waals surface area contributed by atoms with E-state index in [1.165, 1.54) is 0 Å². The average molecular weight is 132 g/mol. The van der Waals surface area contributed by atoms with E-state index in [9.17, 15) is 0 Å². The third-order valence-electron chi connectivity index (χ3n) is 1.15. The fourth-order valence-electron chi connectivity index (χ4n) is 0.871. The summed E-state index contributed by atoms with van der Waals surface area (Å²) in [4.78, 5) is 0.0828. The zero-order valence-corrected chi connectivity index (χ0v) is 6.42. The van der Waals surface area contributed by atoms with Gasteiger partial charge in [0.15, 0.2) is 0 Å². The highest BCUT2D eigenvalue weighted by Crippen LogP contribution is 2.34. The zero-order valence-electron chi connectivity index (χ0n) is 5.60. The van der Waals surface area contributed by atoms with Crippen molar-refractivity contribution in [3.05, 3.63) is 0 Å². The number of hydrogen-bond donors (Lipinski definition) is 0. The lowest BCUT2D eigenvalue weighted by atomic mass is 10.4. The molecule has 1 rings (SSSR count). The first kappa shape index (κ1) is 6.43. The molecule has 1 nitrogen and oxygen atoms in total. The predicted molar refractivity (Wildman–Crippen MR) is 37.1 cm³/mol. The van der Waals surface area contributed by atoms with Crippen LogP contribution in [0, 0.1) is 0 Å².